The number of amides is 2. The number of rotatable bonds is 7. The fourth-order valence-corrected chi connectivity index (χ4v) is 2.97. The van der Waals surface area contributed by atoms with Gasteiger partial charge >= 0.3 is 12.4 Å². The van der Waals surface area contributed by atoms with E-state index >= 15 is 0 Å². The summed E-state index contributed by atoms with van der Waals surface area (Å²) in [6.45, 7) is -0.0651. The lowest BCUT2D eigenvalue weighted by molar-refractivity contribution is -0.143. The minimum atomic E-state index is -5.10. The third-order valence-corrected chi connectivity index (χ3v) is 4.58. The van der Waals surface area contributed by atoms with Gasteiger partial charge in [0.2, 0.25) is 5.91 Å². The molecule has 3 aromatic rings. The highest BCUT2D eigenvalue weighted by Crippen LogP contribution is 2.35. The molecule has 0 aliphatic heterocycles. The van der Waals surface area contributed by atoms with Crippen molar-refractivity contribution >= 4 is 11.8 Å². The molecule has 0 radical (unpaired) electrons. The van der Waals surface area contributed by atoms with Crippen LogP contribution in [0.5, 0.6) is 0 Å². The second-order valence-corrected chi connectivity index (χ2v) is 7.00. The number of carbonyl (C=O) groups excluding carboxylic acids is 2. The van der Waals surface area contributed by atoms with Crippen LogP contribution in [-0.4, -0.2) is 33.1 Å². The van der Waals surface area contributed by atoms with Gasteiger partial charge in [0.15, 0.2) is 5.69 Å². The molecule has 34 heavy (non-hydrogen) atoms. The number of hydrogen-bond acceptors (Lipinski definition) is 4. The van der Waals surface area contributed by atoms with E-state index in [0.29, 0.717) is 18.3 Å². The van der Waals surface area contributed by atoms with Gasteiger partial charge in [0.05, 0.1) is 23.0 Å². The predicted molar refractivity (Wildman–Crippen MR) is 107 cm³/mol. The highest BCUT2D eigenvalue weighted by atomic mass is 19.4. The summed E-state index contributed by atoms with van der Waals surface area (Å²) in [6.07, 6.45) is -6.39. The molecule has 0 spiro atoms. The van der Waals surface area contributed by atoms with Crippen LogP contribution >= 0.6 is 0 Å². The Morgan fingerprint density at radius 1 is 0.941 bits per heavy atom. The molecular formula is C21H17F6N5O2. The average Bonchev–Trinajstić information content (AvgIpc) is 3.24. The molecule has 180 valence electrons. The van der Waals surface area contributed by atoms with Crippen molar-refractivity contribution in [3.63, 3.8) is 0 Å². The second-order valence-electron chi connectivity index (χ2n) is 7.00. The Hall–Kier alpha value is -3.90. The van der Waals surface area contributed by atoms with Gasteiger partial charge in [0, 0.05) is 31.9 Å². The summed E-state index contributed by atoms with van der Waals surface area (Å²) in [7, 11) is 0. The van der Waals surface area contributed by atoms with Gasteiger partial charge in [0.25, 0.3) is 5.91 Å². The summed E-state index contributed by atoms with van der Waals surface area (Å²) in [6, 6.07) is 6.51. The van der Waals surface area contributed by atoms with Gasteiger partial charge in [-0.05, 0) is 35.9 Å². The highest BCUT2D eigenvalue weighted by Gasteiger charge is 2.41. The number of hydrogen-bond donors (Lipinski definition) is 2. The van der Waals surface area contributed by atoms with Crippen LogP contribution in [0.25, 0.3) is 5.69 Å². The number of nitrogens with one attached hydrogen (secondary N) is 2. The van der Waals surface area contributed by atoms with E-state index in [0.717, 1.165) is 17.7 Å². The minimum absolute atomic E-state index is 0.206. The van der Waals surface area contributed by atoms with Gasteiger partial charge in [0.1, 0.15) is 0 Å². The van der Waals surface area contributed by atoms with E-state index in [2.05, 4.69) is 20.7 Å². The van der Waals surface area contributed by atoms with Crippen LogP contribution < -0.4 is 10.6 Å². The Balaban J connectivity index is 1.70. The molecule has 7 nitrogen and oxygen atoms in total. The maximum atomic E-state index is 13.7. The van der Waals surface area contributed by atoms with E-state index in [1.807, 2.05) is 0 Å². The molecule has 3 rings (SSSR count). The topological polar surface area (TPSA) is 88.9 Å². The molecule has 0 bridgehead atoms. The number of halogens is 6. The SMILES string of the molecule is O=C(CCNC(=O)c1cnn(-c2cccc(C(F)(F)F)c2)c1C(F)(F)F)NCc1ccncc1. The van der Waals surface area contributed by atoms with Gasteiger partial charge in [-0.25, -0.2) is 4.68 Å². The molecule has 2 heterocycles. The smallest absolute Gasteiger partial charge is 0.352 e. The predicted octanol–water partition coefficient (Wildman–Crippen LogP) is 3.74. The fraction of sp³-hybridized carbons (Fsp3) is 0.238. The summed E-state index contributed by atoms with van der Waals surface area (Å²) < 4.78 is 80.2. The van der Waals surface area contributed by atoms with Crippen LogP contribution in [0.15, 0.2) is 55.0 Å². The lowest BCUT2D eigenvalue weighted by Crippen LogP contribution is -2.31. The number of aromatic nitrogens is 3. The van der Waals surface area contributed by atoms with Crippen LogP contribution in [0.1, 0.15) is 33.6 Å². The molecule has 1 aromatic carbocycles. The van der Waals surface area contributed by atoms with Crippen molar-refractivity contribution < 1.29 is 35.9 Å². The summed E-state index contributed by atoms with van der Waals surface area (Å²) in [4.78, 5) is 28.1. The summed E-state index contributed by atoms with van der Waals surface area (Å²) in [5.74, 6) is -1.62. The van der Waals surface area contributed by atoms with E-state index in [1.165, 1.54) is 0 Å². The van der Waals surface area contributed by atoms with Crippen LogP contribution in [0.3, 0.4) is 0 Å². The first kappa shape index (κ1) is 24.7. The minimum Gasteiger partial charge on any atom is -0.352 e. The lowest BCUT2D eigenvalue weighted by atomic mass is 10.1. The lowest BCUT2D eigenvalue weighted by Gasteiger charge is -2.14. The number of alkyl halides is 6. The van der Waals surface area contributed by atoms with Gasteiger partial charge in [-0.3, -0.25) is 14.6 Å². The van der Waals surface area contributed by atoms with Gasteiger partial charge < -0.3 is 10.6 Å². The fourth-order valence-electron chi connectivity index (χ4n) is 2.97. The van der Waals surface area contributed by atoms with Crippen molar-refractivity contribution in [1.29, 1.82) is 0 Å². The van der Waals surface area contributed by atoms with Gasteiger partial charge in [-0.2, -0.15) is 31.4 Å². The van der Waals surface area contributed by atoms with Gasteiger partial charge in [-0.15, -0.1) is 0 Å². The number of nitrogens with zero attached hydrogens (tertiary/aromatic N) is 3. The van der Waals surface area contributed by atoms with E-state index in [-0.39, 0.29) is 24.2 Å². The first-order valence-corrected chi connectivity index (χ1v) is 9.73. The normalized spacial score (nSPS) is 11.8. The van der Waals surface area contributed by atoms with E-state index in [4.69, 9.17) is 0 Å². The molecule has 0 aliphatic carbocycles. The Labute approximate surface area is 188 Å². The van der Waals surface area contributed by atoms with Crippen molar-refractivity contribution in [2.45, 2.75) is 25.3 Å². The van der Waals surface area contributed by atoms with Crippen LogP contribution in [0.2, 0.25) is 0 Å². The van der Waals surface area contributed by atoms with Gasteiger partial charge in [-0.1, -0.05) is 6.07 Å². The van der Waals surface area contributed by atoms with Crippen LogP contribution in [0, 0.1) is 0 Å². The summed E-state index contributed by atoms with van der Waals surface area (Å²) in [5, 5.41) is 8.27. The molecular weight excluding hydrogens is 468 g/mol. The zero-order valence-electron chi connectivity index (χ0n) is 17.2. The zero-order valence-corrected chi connectivity index (χ0v) is 17.2. The largest absolute Gasteiger partial charge is 0.434 e. The molecule has 2 amide bonds. The Kier molecular flexibility index (Phi) is 7.23. The standard InChI is InChI=1S/C21H17F6N5O2/c22-20(23,24)14-2-1-3-15(10-14)32-18(21(25,26)27)16(12-31-32)19(34)29-9-6-17(33)30-11-13-4-7-28-8-5-13/h1-5,7-8,10,12H,6,9,11H2,(H,29,34)(H,30,33). The zero-order chi connectivity index (χ0) is 24.9. The first-order valence-electron chi connectivity index (χ1n) is 9.73. The molecule has 2 N–H and O–H groups in total. The third-order valence-electron chi connectivity index (χ3n) is 4.58. The van der Waals surface area contributed by atoms with Crippen LogP contribution in [-0.2, 0) is 23.7 Å². The summed E-state index contributed by atoms with van der Waals surface area (Å²) >= 11 is 0. The second kappa shape index (κ2) is 9.93. The molecule has 0 saturated carbocycles. The summed E-state index contributed by atoms with van der Waals surface area (Å²) in [5.41, 5.74) is -3.33. The molecule has 0 fully saturated rings. The van der Waals surface area contributed by atoms with Crippen molar-refractivity contribution in [1.82, 2.24) is 25.4 Å². The Morgan fingerprint density at radius 2 is 1.65 bits per heavy atom. The molecule has 0 saturated heterocycles. The monoisotopic (exact) mass is 485 g/mol. The van der Waals surface area contributed by atoms with Crippen molar-refractivity contribution in [2.75, 3.05) is 6.54 Å². The molecule has 13 heteroatoms. The number of carbonyl (C=O) groups is 2. The number of benzene rings is 1. The first-order chi connectivity index (χ1) is 16.0. The van der Waals surface area contributed by atoms with Crippen molar-refractivity contribution in [3.8, 4) is 5.69 Å². The van der Waals surface area contributed by atoms with E-state index < -0.39 is 46.7 Å². The molecule has 0 atom stereocenters. The highest BCUT2D eigenvalue weighted by molar-refractivity contribution is 5.95. The quantitative estimate of drug-likeness (QED) is 0.499. The van der Waals surface area contributed by atoms with Crippen LogP contribution in [0.4, 0.5) is 26.3 Å². The molecule has 0 aliphatic rings. The maximum absolute atomic E-state index is 13.7. The number of pyridine rings is 1. The van der Waals surface area contributed by atoms with E-state index in [1.54, 1.807) is 24.5 Å². The van der Waals surface area contributed by atoms with Crippen molar-refractivity contribution in [3.05, 3.63) is 77.4 Å². The molecule has 2 aromatic heterocycles. The average molecular weight is 485 g/mol. The Bertz CT molecular complexity index is 1160. The molecule has 0 unspecified atom stereocenters. The van der Waals surface area contributed by atoms with Crippen molar-refractivity contribution in [2.24, 2.45) is 0 Å². The maximum Gasteiger partial charge on any atom is 0.434 e. The Morgan fingerprint density at radius 3 is 2.29 bits per heavy atom. The van der Waals surface area contributed by atoms with E-state index in [9.17, 15) is 35.9 Å². The third kappa shape index (κ3) is 6.11.